The first-order valence-corrected chi connectivity index (χ1v) is 6.49. The van der Waals surface area contributed by atoms with Crippen molar-refractivity contribution in [2.24, 2.45) is 7.05 Å². The number of halogens is 1. The summed E-state index contributed by atoms with van der Waals surface area (Å²) < 4.78 is 6.52. The lowest BCUT2D eigenvalue weighted by atomic mass is 10.1. The Kier molecular flexibility index (Phi) is 4.29. The molecule has 0 spiro atoms. The molecule has 0 aliphatic heterocycles. The van der Waals surface area contributed by atoms with E-state index in [1.54, 1.807) is 22.9 Å². The van der Waals surface area contributed by atoms with Gasteiger partial charge in [0.2, 0.25) is 0 Å². The summed E-state index contributed by atoms with van der Waals surface area (Å²) in [6.07, 6.45) is 1.61. The van der Waals surface area contributed by atoms with E-state index in [1.165, 1.54) is 7.11 Å². The highest BCUT2D eigenvalue weighted by atomic mass is 35.5. The Balaban J connectivity index is 2.16. The monoisotopic (exact) mass is 293 g/mol. The number of benzene rings is 1. The maximum absolute atomic E-state index is 11.5. The summed E-state index contributed by atoms with van der Waals surface area (Å²) in [5, 5.41) is 3.84. The summed E-state index contributed by atoms with van der Waals surface area (Å²) in [5.74, 6) is 0.464. The van der Waals surface area contributed by atoms with Crippen LogP contribution in [0.15, 0.2) is 24.4 Å². The van der Waals surface area contributed by atoms with Gasteiger partial charge in [0.1, 0.15) is 11.0 Å². The van der Waals surface area contributed by atoms with Gasteiger partial charge in [0.05, 0.1) is 25.4 Å². The van der Waals surface area contributed by atoms with Gasteiger partial charge in [0.25, 0.3) is 0 Å². The predicted octanol–water partition coefficient (Wildman–Crippen LogP) is 2.78. The molecule has 0 aliphatic rings. The van der Waals surface area contributed by atoms with E-state index in [-0.39, 0.29) is 5.97 Å². The molecule has 0 radical (unpaired) electrons. The Labute approximate surface area is 122 Å². The van der Waals surface area contributed by atoms with Crippen LogP contribution >= 0.6 is 11.6 Å². The molecule has 1 aromatic carbocycles. The van der Waals surface area contributed by atoms with Crippen molar-refractivity contribution in [2.45, 2.75) is 13.5 Å². The van der Waals surface area contributed by atoms with E-state index in [4.69, 9.17) is 16.3 Å². The summed E-state index contributed by atoms with van der Waals surface area (Å²) in [5.41, 5.74) is 2.42. The summed E-state index contributed by atoms with van der Waals surface area (Å²) in [7, 11) is 3.22. The lowest BCUT2D eigenvalue weighted by molar-refractivity contribution is 0.0601. The number of methoxy groups -OCH3 is 1. The molecule has 0 aliphatic carbocycles. The van der Waals surface area contributed by atoms with Crippen LogP contribution in [0.3, 0.4) is 0 Å². The molecule has 0 unspecified atom stereocenters. The quantitative estimate of drug-likeness (QED) is 0.881. The number of esters is 1. The lowest BCUT2D eigenvalue weighted by Crippen LogP contribution is -2.08. The third-order valence-electron chi connectivity index (χ3n) is 3.12. The molecule has 2 rings (SSSR count). The van der Waals surface area contributed by atoms with E-state index in [2.05, 4.69) is 10.3 Å². The number of hydrogen-bond donors (Lipinski definition) is 1. The van der Waals surface area contributed by atoms with Gasteiger partial charge in [-0.25, -0.2) is 9.78 Å². The van der Waals surface area contributed by atoms with Gasteiger partial charge in [-0.3, -0.25) is 0 Å². The van der Waals surface area contributed by atoms with E-state index < -0.39 is 0 Å². The van der Waals surface area contributed by atoms with Crippen molar-refractivity contribution in [3.05, 3.63) is 46.5 Å². The topological polar surface area (TPSA) is 56.1 Å². The number of imidazole rings is 1. The van der Waals surface area contributed by atoms with Crippen LogP contribution in [0.25, 0.3) is 0 Å². The minimum Gasteiger partial charge on any atom is -0.465 e. The van der Waals surface area contributed by atoms with Crippen LogP contribution in [-0.2, 0) is 18.3 Å². The zero-order valence-electron chi connectivity index (χ0n) is 11.6. The first-order valence-electron chi connectivity index (χ1n) is 6.12. The number of carbonyl (C=O) groups is 1. The molecule has 0 saturated heterocycles. The van der Waals surface area contributed by atoms with Crippen LogP contribution in [0.1, 0.15) is 21.7 Å². The van der Waals surface area contributed by atoms with E-state index in [0.29, 0.717) is 17.3 Å². The third kappa shape index (κ3) is 2.93. The summed E-state index contributed by atoms with van der Waals surface area (Å²) >= 11 is 5.94. The number of hydrogen-bond acceptors (Lipinski definition) is 4. The number of nitrogens with zero attached hydrogens (tertiary/aromatic N) is 2. The number of nitrogens with one attached hydrogen (secondary N) is 1. The van der Waals surface area contributed by atoms with E-state index >= 15 is 0 Å². The van der Waals surface area contributed by atoms with Gasteiger partial charge in [-0.1, -0.05) is 17.7 Å². The molecule has 20 heavy (non-hydrogen) atoms. The average Bonchev–Trinajstić information content (AvgIpc) is 2.77. The summed E-state index contributed by atoms with van der Waals surface area (Å²) in [4.78, 5) is 15.7. The van der Waals surface area contributed by atoms with Gasteiger partial charge in [-0.15, -0.1) is 0 Å². The summed E-state index contributed by atoms with van der Waals surface area (Å²) in [6.45, 7) is 2.49. The Morgan fingerprint density at radius 1 is 1.50 bits per heavy atom. The Morgan fingerprint density at radius 3 is 2.85 bits per heavy atom. The SMILES string of the molecule is COC(=O)c1ccc(C)c(NCc2ncc(Cl)n2C)c1. The second-order valence-corrected chi connectivity index (χ2v) is 4.82. The van der Waals surface area contributed by atoms with Crippen molar-refractivity contribution in [3.8, 4) is 0 Å². The fourth-order valence-corrected chi connectivity index (χ4v) is 1.97. The van der Waals surface area contributed by atoms with Crippen LogP contribution in [0, 0.1) is 6.92 Å². The Morgan fingerprint density at radius 2 is 2.25 bits per heavy atom. The molecule has 0 atom stereocenters. The number of anilines is 1. The maximum atomic E-state index is 11.5. The number of aryl methyl sites for hydroxylation is 1. The molecule has 1 heterocycles. The van der Waals surface area contributed by atoms with Gasteiger partial charge in [0.15, 0.2) is 0 Å². The number of ether oxygens (including phenoxy) is 1. The molecule has 6 heteroatoms. The molecule has 106 valence electrons. The van der Waals surface area contributed by atoms with Crippen LogP contribution in [0.5, 0.6) is 0 Å². The Hall–Kier alpha value is -2.01. The standard InChI is InChI=1S/C14H16ClN3O2/c1-9-4-5-10(14(19)20-3)6-11(9)16-8-13-17-7-12(15)18(13)2/h4-7,16H,8H2,1-3H3. The third-order valence-corrected chi connectivity index (χ3v) is 3.47. The maximum Gasteiger partial charge on any atom is 0.337 e. The lowest BCUT2D eigenvalue weighted by Gasteiger charge is -2.11. The van der Waals surface area contributed by atoms with Crippen LogP contribution < -0.4 is 5.32 Å². The Bertz CT molecular complexity index is 637. The molecule has 1 N–H and O–H groups in total. The van der Waals surface area contributed by atoms with Crippen molar-refractivity contribution in [1.82, 2.24) is 9.55 Å². The van der Waals surface area contributed by atoms with Crippen molar-refractivity contribution < 1.29 is 9.53 Å². The molecule has 2 aromatic rings. The van der Waals surface area contributed by atoms with E-state index in [0.717, 1.165) is 17.1 Å². The molecule has 5 nitrogen and oxygen atoms in total. The fraction of sp³-hybridized carbons (Fsp3) is 0.286. The van der Waals surface area contributed by atoms with Gasteiger partial charge in [-0.05, 0) is 24.6 Å². The average molecular weight is 294 g/mol. The van der Waals surface area contributed by atoms with Gasteiger partial charge < -0.3 is 14.6 Å². The zero-order chi connectivity index (χ0) is 14.7. The summed E-state index contributed by atoms with van der Waals surface area (Å²) in [6, 6.07) is 5.38. The largest absolute Gasteiger partial charge is 0.465 e. The van der Waals surface area contributed by atoms with E-state index in [1.807, 2.05) is 20.0 Å². The van der Waals surface area contributed by atoms with Crippen LogP contribution in [-0.4, -0.2) is 22.6 Å². The highest BCUT2D eigenvalue weighted by molar-refractivity contribution is 6.29. The first kappa shape index (κ1) is 14.4. The van der Waals surface area contributed by atoms with Crippen LogP contribution in [0.2, 0.25) is 5.15 Å². The normalized spacial score (nSPS) is 10.4. The molecular weight excluding hydrogens is 278 g/mol. The molecule has 0 amide bonds. The van der Waals surface area contributed by atoms with Gasteiger partial charge in [-0.2, -0.15) is 0 Å². The minimum atomic E-state index is -0.354. The fourth-order valence-electron chi connectivity index (χ4n) is 1.82. The second kappa shape index (κ2) is 5.96. The van der Waals surface area contributed by atoms with Crippen molar-refractivity contribution >= 4 is 23.3 Å². The second-order valence-electron chi connectivity index (χ2n) is 4.43. The molecule has 0 bridgehead atoms. The predicted molar refractivity (Wildman–Crippen MR) is 78.1 cm³/mol. The number of rotatable bonds is 4. The molecule has 0 saturated carbocycles. The number of aromatic nitrogens is 2. The van der Waals surface area contributed by atoms with Crippen molar-refractivity contribution in [2.75, 3.05) is 12.4 Å². The molecule has 1 aromatic heterocycles. The van der Waals surface area contributed by atoms with Gasteiger partial charge >= 0.3 is 5.97 Å². The highest BCUT2D eigenvalue weighted by Crippen LogP contribution is 2.19. The molecular formula is C14H16ClN3O2. The number of carbonyl (C=O) groups excluding carboxylic acids is 1. The smallest absolute Gasteiger partial charge is 0.337 e. The van der Waals surface area contributed by atoms with Crippen LogP contribution in [0.4, 0.5) is 5.69 Å². The van der Waals surface area contributed by atoms with Gasteiger partial charge in [0, 0.05) is 12.7 Å². The zero-order valence-corrected chi connectivity index (χ0v) is 12.4. The molecule has 0 fully saturated rings. The van der Waals surface area contributed by atoms with E-state index in [9.17, 15) is 4.79 Å². The first-order chi connectivity index (χ1) is 9.52. The van der Waals surface area contributed by atoms with Crippen molar-refractivity contribution in [3.63, 3.8) is 0 Å². The van der Waals surface area contributed by atoms with Crippen molar-refractivity contribution in [1.29, 1.82) is 0 Å². The highest BCUT2D eigenvalue weighted by Gasteiger charge is 2.09. The minimum absolute atomic E-state index is 0.354.